The highest BCUT2D eigenvalue weighted by atomic mass is 32.2. The van der Waals surface area contributed by atoms with Gasteiger partial charge < -0.3 is 10.1 Å². The third-order valence-corrected chi connectivity index (χ3v) is 4.54. The van der Waals surface area contributed by atoms with E-state index in [1.807, 2.05) is 38.1 Å². The summed E-state index contributed by atoms with van der Waals surface area (Å²) in [5.41, 5.74) is 1.02. The highest BCUT2D eigenvalue weighted by molar-refractivity contribution is 7.99. The van der Waals surface area contributed by atoms with E-state index in [4.69, 9.17) is 4.74 Å². The van der Waals surface area contributed by atoms with Crippen LogP contribution in [0.1, 0.15) is 31.9 Å². The van der Waals surface area contributed by atoms with E-state index < -0.39 is 0 Å². The van der Waals surface area contributed by atoms with E-state index in [0.29, 0.717) is 23.7 Å². The molecule has 2 aromatic rings. The number of thioether (sulfide) groups is 1. The largest absolute Gasteiger partial charge is 0.494 e. The molecule has 0 fully saturated rings. The van der Waals surface area contributed by atoms with Crippen molar-refractivity contribution in [1.29, 1.82) is 0 Å². The van der Waals surface area contributed by atoms with Crippen molar-refractivity contribution in [2.45, 2.75) is 31.2 Å². The minimum atomic E-state index is -0.245. The molecule has 0 aliphatic carbocycles. The smallest absolute Gasteiger partial charge is 0.221 e. The average Bonchev–Trinajstić information content (AvgIpc) is 2.57. The van der Waals surface area contributed by atoms with E-state index in [-0.39, 0.29) is 17.8 Å². The highest BCUT2D eigenvalue weighted by Gasteiger charge is 2.10. The summed E-state index contributed by atoms with van der Waals surface area (Å²) in [7, 11) is 0. The first-order chi connectivity index (χ1) is 11.6. The number of rotatable bonds is 8. The van der Waals surface area contributed by atoms with E-state index in [9.17, 15) is 9.18 Å². The van der Waals surface area contributed by atoms with Gasteiger partial charge in [-0.1, -0.05) is 24.3 Å². The molecule has 1 unspecified atom stereocenters. The fourth-order valence-corrected chi connectivity index (χ4v) is 3.12. The minimum absolute atomic E-state index is 0.0415. The van der Waals surface area contributed by atoms with Crippen molar-refractivity contribution in [3.63, 3.8) is 0 Å². The normalized spacial score (nSPS) is 11.8. The lowest BCUT2D eigenvalue weighted by Gasteiger charge is -2.15. The van der Waals surface area contributed by atoms with Crippen LogP contribution in [0.5, 0.6) is 5.75 Å². The van der Waals surface area contributed by atoms with Crippen LogP contribution in [0.3, 0.4) is 0 Å². The van der Waals surface area contributed by atoms with Crippen LogP contribution >= 0.6 is 11.8 Å². The Kier molecular flexibility index (Phi) is 7.12. The second-order valence-corrected chi connectivity index (χ2v) is 6.46. The van der Waals surface area contributed by atoms with Crippen LogP contribution < -0.4 is 10.1 Å². The summed E-state index contributed by atoms with van der Waals surface area (Å²) >= 11 is 1.35. The zero-order valence-electron chi connectivity index (χ0n) is 13.9. The van der Waals surface area contributed by atoms with E-state index >= 15 is 0 Å². The van der Waals surface area contributed by atoms with Gasteiger partial charge in [0.25, 0.3) is 0 Å². The van der Waals surface area contributed by atoms with Gasteiger partial charge in [0, 0.05) is 17.1 Å². The molecular formula is C19H22FNO2S. The Morgan fingerprint density at radius 2 is 1.92 bits per heavy atom. The average molecular weight is 347 g/mol. The van der Waals surface area contributed by atoms with Crippen molar-refractivity contribution in [3.8, 4) is 5.75 Å². The molecule has 0 heterocycles. The number of ether oxygens (including phenoxy) is 1. The quantitative estimate of drug-likeness (QED) is 0.710. The molecule has 128 valence electrons. The predicted molar refractivity (Wildman–Crippen MR) is 95.9 cm³/mol. The van der Waals surface area contributed by atoms with Crippen molar-refractivity contribution in [3.05, 3.63) is 59.9 Å². The monoisotopic (exact) mass is 347 g/mol. The van der Waals surface area contributed by atoms with Crippen molar-refractivity contribution < 1.29 is 13.9 Å². The van der Waals surface area contributed by atoms with Crippen LogP contribution in [0.15, 0.2) is 53.4 Å². The number of amides is 1. The molecule has 0 saturated carbocycles. The topological polar surface area (TPSA) is 38.3 Å². The minimum Gasteiger partial charge on any atom is -0.494 e. The maximum Gasteiger partial charge on any atom is 0.221 e. The van der Waals surface area contributed by atoms with Gasteiger partial charge in [-0.25, -0.2) is 4.39 Å². The molecule has 24 heavy (non-hydrogen) atoms. The van der Waals surface area contributed by atoms with Crippen molar-refractivity contribution in [2.24, 2.45) is 0 Å². The molecule has 1 atom stereocenters. The van der Waals surface area contributed by atoms with Gasteiger partial charge in [-0.2, -0.15) is 0 Å². The fraction of sp³-hybridized carbons (Fsp3) is 0.316. The number of halogens is 1. The summed E-state index contributed by atoms with van der Waals surface area (Å²) in [5.74, 6) is 1.08. The molecule has 2 aromatic carbocycles. The van der Waals surface area contributed by atoms with E-state index in [1.54, 1.807) is 18.2 Å². The van der Waals surface area contributed by atoms with Crippen LogP contribution in [0.2, 0.25) is 0 Å². The van der Waals surface area contributed by atoms with Crippen LogP contribution in [-0.4, -0.2) is 18.3 Å². The summed E-state index contributed by atoms with van der Waals surface area (Å²) in [6.07, 6.45) is 0.348. The lowest BCUT2D eigenvalue weighted by molar-refractivity contribution is -0.121. The lowest BCUT2D eigenvalue weighted by atomic mass is 10.1. The van der Waals surface area contributed by atoms with Crippen LogP contribution in [0.25, 0.3) is 0 Å². The van der Waals surface area contributed by atoms with Crippen molar-refractivity contribution >= 4 is 17.7 Å². The zero-order valence-corrected chi connectivity index (χ0v) is 14.7. The van der Waals surface area contributed by atoms with E-state index in [0.717, 1.165) is 11.3 Å². The molecule has 1 N–H and O–H groups in total. The van der Waals surface area contributed by atoms with E-state index in [1.165, 1.54) is 17.8 Å². The molecule has 5 heteroatoms. The molecular weight excluding hydrogens is 325 g/mol. The molecule has 0 aliphatic heterocycles. The van der Waals surface area contributed by atoms with Gasteiger partial charge in [-0.05, 0) is 43.7 Å². The van der Waals surface area contributed by atoms with Crippen LogP contribution in [0, 0.1) is 5.82 Å². The Labute approximate surface area is 146 Å². The Hall–Kier alpha value is -2.01. The second kappa shape index (κ2) is 9.33. The number of carbonyl (C=O) groups excluding carboxylic acids is 1. The molecule has 0 bridgehead atoms. The zero-order chi connectivity index (χ0) is 17.4. The van der Waals surface area contributed by atoms with Gasteiger partial charge in [0.2, 0.25) is 5.91 Å². The first-order valence-electron chi connectivity index (χ1n) is 7.99. The Morgan fingerprint density at radius 1 is 1.21 bits per heavy atom. The summed E-state index contributed by atoms with van der Waals surface area (Å²) in [5, 5.41) is 2.96. The number of carbonyl (C=O) groups is 1. The van der Waals surface area contributed by atoms with Gasteiger partial charge in [0.05, 0.1) is 12.6 Å². The molecule has 1 amide bonds. The van der Waals surface area contributed by atoms with Crippen LogP contribution in [0.4, 0.5) is 4.39 Å². The van der Waals surface area contributed by atoms with Crippen LogP contribution in [-0.2, 0) is 4.79 Å². The van der Waals surface area contributed by atoms with E-state index in [2.05, 4.69) is 5.32 Å². The van der Waals surface area contributed by atoms with Gasteiger partial charge in [-0.3, -0.25) is 4.79 Å². The molecule has 3 nitrogen and oxygen atoms in total. The summed E-state index contributed by atoms with van der Waals surface area (Å²) in [6.45, 7) is 4.51. The van der Waals surface area contributed by atoms with Gasteiger partial charge in [-0.15, -0.1) is 11.8 Å². The number of nitrogens with one attached hydrogen (secondary N) is 1. The predicted octanol–water partition coefficient (Wildman–Crippen LogP) is 4.58. The third-order valence-electron chi connectivity index (χ3n) is 3.49. The molecule has 0 radical (unpaired) electrons. The van der Waals surface area contributed by atoms with Crippen molar-refractivity contribution in [1.82, 2.24) is 5.32 Å². The number of hydrogen-bond acceptors (Lipinski definition) is 3. The molecule has 0 aliphatic rings. The van der Waals surface area contributed by atoms with Gasteiger partial charge in [0.15, 0.2) is 0 Å². The second-order valence-electron chi connectivity index (χ2n) is 5.32. The molecule has 0 aromatic heterocycles. The maximum absolute atomic E-state index is 13.5. The SMILES string of the molecule is CCOc1ccc(C(C)NC(=O)CCSc2ccccc2F)cc1. The highest BCUT2D eigenvalue weighted by Crippen LogP contribution is 2.22. The Morgan fingerprint density at radius 3 is 2.58 bits per heavy atom. The number of benzene rings is 2. The maximum atomic E-state index is 13.5. The first-order valence-corrected chi connectivity index (χ1v) is 8.98. The summed E-state index contributed by atoms with van der Waals surface area (Å²) < 4.78 is 18.9. The van der Waals surface area contributed by atoms with Crippen molar-refractivity contribution in [2.75, 3.05) is 12.4 Å². The molecule has 2 rings (SSSR count). The summed E-state index contributed by atoms with van der Waals surface area (Å²) in [4.78, 5) is 12.6. The standard InChI is InChI=1S/C19H22FNO2S/c1-3-23-16-10-8-15(9-11-16)14(2)21-19(22)12-13-24-18-7-5-4-6-17(18)20/h4-11,14H,3,12-13H2,1-2H3,(H,21,22). The number of hydrogen-bond donors (Lipinski definition) is 1. The molecule has 0 saturated heterocycles. The van der Waals surface area contributed by atoms with Gasteiger partial charge in [0.1, 0.15) is 11.6 Å². The third kappa shape index (κ3) is 5.57. The Bertz CT molecular complexity index is 661. The first kappa shape index (κ1) is 18.3. The van der Waals surface area contributed by atoms with Gasteiger partial charge >= 0.3 is 0 Å². The Balaban J connectivity index is 1.78. The molecule has 0 spiro atoms. The lowest BCUT2D eigenvalue weighted by Crippen LogP contribution is -2.26. The summed E-state index contributed by atoms with van der Waals surface area (Å²) in [6, 6.07) is 14.2. The fourth-order valence-electron chi connectivity index (χ4n) is 2.23.